The fourth-order valence-corrected chi connectivity index (χ4v) is 2.91. The highest BCUT2D eigenvalue weighted by atomic mass is 16.4. The van der Waals surface area contributed by atoms with Crippen LogP contribution in [0.4, 0.5) is 10.5 Å². The fraction of sp³-hybridized carbons (Fsp3) is 0.562. The van der Waals surface area contributed by atoms with Crippen molar-refractivity contribution in [2.45, 2.75) is 44.9 Å². The lowest BCUT2D eigenvalue weighted by molar-refractivity contribution is 0.201. The monoisotopic (exact) mass is 261 g/mol. The highest BCUT2D eigenvalue weighted by Gasteiger charge is 2.17. The predicted octanol–water partition coefficient (Wildman–Crippen LogP) is 4.53. The normalized spacial score (nSPS) is 16.8. The zero-order valence-electron chi connectivity index (χ0n) is 11.4. The molecule has 19 heavy (non-hydrogen) atoms. The molecule has 1 aromatic carbocycles. The van der Waals surface area contributed by atoms with Crippen molar-refractivity contribution in [3.8, 4) is 0 Å². The van der Waals surface area contributed by atoms with Crippen molar-refractivity contribution in [2.75, 3.05) is 11.4 Å². The second-order valence-electron chi connectivity index (χ2n) is 5.42. The number of amides is 1. The van der Waals surface area contributed by atoms with Crippen LogP contribution in [0.25, 0.3) is 0 Å². The maximum Gasteiger partial charge on any atom is 0.411 e. The number of para-hydroxylation sites is 1. The topological polar surface area (TPSA) is 40.5 Å². The molecule has 0 spiro atoms. The second-order valence-corrected chi connectivity index (χ2v) is 5.42. The van der Waals surface area contributed by atoms with Gasteiger partial charge in [0.15, 0.2) is 0 Å². The minimum Gasteiger partial charge on any atom is -0.465 e. The van der Waals surface area contributed by atoms with Gasteiger partial charge in [-0.3, -0.25) is 4.90 Å². The van der Waals surface area contributed by atoms with Crippen LogP contribution in [0.5, 0.6) is 0 Å². The van der Waals surface area contributed by atoms with Gasteiger partial charge in [0.1, 0.15) is 0 Å². The van der Waals surface area contributed by atoms with E-state index in [2.05, 4.69) is 0 Å². The zero-order chi connectivity index (χ0) is 13.5. The lowest BCUT2D eigenvalue weighted by Gasteiger charge is -2.22. The Balaban J connectivity index is 1.92. The number of hydrogen-bond donors (Lipinski definition) is 1. The van der Waals surface area contributed by atoms with Gasteiger partial charge in [-0.1, -0.05) is 56.7 Å². The molecule has 0 heterocycles. The molecule has 1 amide bonds. The van der Waals surface area contributed by atoms with Crippen molar-refractivity contribution in [3.05, 3.63) is 30.3 Å². The minimum atomic E-state index is -0.847. The summed E-state index contributed by atoms with van der Waals surface area (Å²) in [5.74, 6) is 0.702. The summed E-state index contributed by atoms with van der Waals surface area (Å²) in [5.41, 5.74) is 0.781. The van der Waals surface area contributed by atoms with Crippen LogP contribution in [0, 0.1) is 5.92 Å². The Morgan fingerprint density at radius 1 is 1.11 bits per heavy atom. The first-order valence-corrected chi connectivity index (χ1v) is 7.33. The molecule has 3 heteroatoms. The summed E-state index contributed by atoms with van der Waals surface area (Å²) in [6.07, 6.45) is 7.98. The highest BCUT2D eigenvalue weighted by molar-refractivity contribution is 5.85. The first-order valence-electron chi connectivity index (χ1n) is 7.33. The maximum atomic E-state index is 11.4. The molecule has 104 valence electrons. The summed E-state index contributed by atoms with van der Waals surface area (Å²) in [6.45, 7) is 0.615. The average Bonchev–Trinajstić information content (AvgIpc) is 2.68. The molecule has 1 saturated carbocycles. The van der Waals surface area contributed by atoms with Crippen molar-refractivity contribution >= 4 is 11.8 Å². The summed E-state index contributed by atoms with van der Waals surface area (Å²) >= 11 is 0. The standard InChI is InChI=1S/C16H23NO2/c18-16(19)17(15-10-6-3-7-11-15)13-12-14-8-4-1-2-5-9-14/h3,6-7,10-11,14H,1-2,4-5,8-9,12-13H2,(H,18,19). The van der Waals surface area contributed by atoms with Crippen molar-refractivity contribution in [1.29, 1.82) is 0 Å². The second kappa shape index (κ2) is 7.17. The third kappa shape index (κ3) is 4.27. The van der Waals surface area contributed by atoms with Crippen molar-refractivity contribution < 1.29 is 9.90 Å². The number of anilines is 1. The molecule has 1 aliphatic carbocycles. The lowest BCUT2D eigenvalue weighted by Crippen LogP contribution is -2.31. The molecule has 0 bridgehead atoms. The highest BCUT2D eigenvalue weighted by Crippen LogP contribution is 2.26. The van der Waals surface area contributed by atoms with E-state index in [0.29, 0.717) is 12.5 Å². The van der Waals surface area contributed by atoms with Gasteiger partial charge >= 0.3 is 6.09 Å². The van der Waals surface area contributed by atoms with Crippen LogP contribution < -0.4 is 4.90 Å². The van der Waals surface area contributed by atoms with E-state index < -0.39 is 6.09 Å². The molecule has 1 fully saturated rings. The quantitative estimate of drug-likeness (QED) is 0.809. The molecule has 3 nitrogen and oxygen atoms in total. The van der Waals surface area contributed by atoms with Gasteiger partial charge in [0.25, 0.3) is 0 Å². The molecule has 0 aliphatic heterocycles. The Hall–Kier alpha value is -1.51. The molecule has 1 aromatic rings. The van der Waals surface area contributed by atoms with E-state index in [-0.39, 0.29) is 0 Å². The van der Waals surface area contributed by atoms with E-state index in [1.165, 1.54) is 43.4 Å². The predicted molar refractivity (Wildman–Crippen MR) is 77.6 cm³/mol. The zero-order valence-corrected chi connectivity index (χ0v) is 11.4. The molecule has 0 atom stereocenters. The van der Waals surface area contributed by atoms with Gasteiger partial charge in [-0.25, -0.2) is 4.79 Å². The molecule has 0 saturated heterocycles. The van der Waals surface area contributed by atoms with Gasteiger partial charge in [0, 0.05) is 12.2 Å². The van der Waals surface area contributed by atoms with Crippen LogP contribution in [0.2, 0.25) is 0 Å². The number of carboxylic acid groups (broad SMARTS) is 1. The van der Waals surface area contributed by atoms with E-state index >= 15 is 0 Å². The molecule has 1 aliphatic rings. The number of nitrogens with zero attached hydrogens (tertiary/aromatic N) is 1. The van der Waals surface area contributed by atoms with E-state index in [0.717, 1.165) is 12.1 Å². The summed E-state index contributed by atoms with van der Waals surface area (Å²) in [5, 5.41) is 9.34. The molecular formula is C16H23NO2. The third-order valence-corrected chi connectivity index (χ3v) is 4.03. The summed E-state index contributed by atoms with van der Waals surface area (Å²) in [6, 6.07) is 9.41. The third-order valence-electron chi connectivity index (χ3n) is 4.03. The van der Waals surface area contributed by atoms with Gasteiger partial charge in [-0.15, -0.1) is 0 Å². The van der Waals surface area contributed by atoms with Crippen LogP contribution in [0.1, 0.15) is 44.9 Å². The summed E-state index contributed by atoms with van der Waals surface area (Å²) in [4.78, 5) is 12.8. The Morgan fingerprint density at radius 3 is 2.32 bits per heavy atom. The van der Waals surface area contributed by atoms with Gasteiger partial charge < -0.3 is 5.11 Å². The average molecular weight is 261 g/mol. The summed E-state index contributed by atoms with van der Waals surface area (Å²) in [7, 11) is 0. The Morgan fingerprint density at radius 2 is 1.74 bits per heavy atom. The minimum absolute atomic E-state index is 0.615. The van der Waals surface area contributed by atoms with Crippen LogP contribution in [0.3, 0.4) is 0 Å². The van der Waals surface area contributed by atoms with Gasteiger partial charge in [-0.2, -0.15) is 0 Å². The Kier molecular flexibility index (Phi) is 5.25. The van der Waals surface area contributed by atoms with Gasteiger partial charge in [0.2, 0.25) is 0 Å². The van der Waals surface area contributed by atoms with Crippen molar-refractivity contribution in [1.82, 2.24) is 0 Å². The van der Waals surface area contributed by atoms with E-state index in [9.17, 15) is 9.90 Å². The van der Waals surface area contributed by atoms with Crippen LogP contribution >= 0.6 is 0 Å². The SMILES string of the molecule is O=C(O)N(CCC1CCCCCC1)c1ccccc1. The van der Waals surface area contributed by atoms with E-state index in [1.54, 1.807) is 0 Å². The Bertz CT molecular complexity index is 383. The van der Waals surface area contributed by atoms with Gasteiger partial charge in [-0.05, 0) is 24.5 Å². The van der Waals surface area contributed by atoms with E-state index in [1.807, 2.05) is 30.3 Å². The first-order chi connectivity index (χ1) is 9.27. The van der Waals surface area contributed by atoms with Crippen LogP contribution in [0.15, 0.2) is 30.3 Å². The molecule has 0 unspecified atom stereocenters. The number of rotatable bonds is 4. The molecule has 1 N–H and O–H groups in total. The number of carbonyl (C=O) groups is 1. The smallest absolute Gasteiger partial charge is 0.411 e. The lowest BCUT2D eigenvalue weighted by atomic mass is 9.96. The summed E-state index contributed by atoms with van der Waals surface area (Å²) < 4.78 is 0. The number of hydrogen-bond acceptors (Lipinski definition) is 1. The largest absolute Gasteiger partial charge is 0.465 e. The fourth-order valence-electron chi connectivity index (χ4n) is 2.91. The molecule has 2 rings (SSSR count). The van der Waals surface area contributed by atoms with Crippen LogP contribution in [-0.4, -0.2) is 17.7 Å². The number of benzene rings is 1. The molecule has 0 aromatic heterocycles. The molecule has 0 radical (unpaired) electrons. The van der Waals surface area contributed by atoms with Crippen LogP contribution in [-0.2, 0) is 0 Å². The van der Waals surface area contributed by atoms with Crippen molar-refractivity contribution in [3.63, 3.8) is 0 Å². The van der Waals surface area contributed by atoms with E-state index in [4.69, 9.17) is 0 Å². The maximum absolute atomic E-state index is 11.4. The van der Waals surface area contributed by atoms with Gasteiger partial charge in [0.05, 0.1) is 0 Å². The Labute approximate surface area is 115 Å². The molecular weight excluding hydrogens is 238 g/mol. The van der Waals surface area contributed by atoms with Crippen molar-refractivity contribution in [2.24, 2.45) is 5.92 Å². The first kappa shape index (κ1) is 13.9.